The SMILES string of the molecule is NNC(c1cscc1Br)C1CC1. The van der Waals surface area contributed by atoms with E-state index in [4.69, 9.17) is 5.84 Å². The van der Waals surface area contributed by atoms with Gasteiger partial charge in [0.25, 0.3) is 0 Å². The number of hydrogen-bond acceptors (Lipinski definition) is 3. The minimum Gasteiger partial charge on any atom is -0.271 e. The Bertz CT molecular complexity index is 270. The van der Waals surface area contributed by atoms with Gasteiger partial charge in [0, 0.05) is 9.85 Å². The first kappa shape index (κ1) is 8.69. The summed E-state index contributed by atoms with van der Waals surface area (Å²) in [7, 11) is 0. The van der Waals surface area contributed by atoms with Crippen molar-refractivity contribution in [1.29, 1.82) is 0 Å². The van der Waals surface area contributed by atoms with Crippen molar-refractivity contribution in [1.82, 2.24) is 5.43 Å². The Labute approximate surface area is 84.3 Å². The second kappa shape index (κ2) is 3.46. The molecule has 0 bridgehead atoms. The maximum atomic E-state index is 5.51. The van der Waals surface area contributed by atoms with Gasteiger partial charge in [-0.1, -0.05) is 0 Å². The number of rotatable bonds is 3. The number of nitrogens with two attached hydrogens (primary N) is 1. The molecule has 1 unspecified atom stereocenters. The smallest absolute Gasteiger partial charge is 0.0507 e. The van der Waals surface area contributed by atoms with Crippen LogP contribution in [0.2, 0.25) is 0 Å². The van der Waals surface area contributed by atoms with E-state index in [-0.39, 0.29) is 0 Å². The van der Waals surface area contributed by atoms with Crippen LogP contribution >= 0.6 is 27.3 Å². The molecule has 12 heavy (non-hydrogen) atoms. The maximum Gasteiger partial charge on any atom is 0.0507 e. The molecular formula is C8H11BrN2S. The molecule has 1 aliphatic carbocycles. The Balaban J connectivity index is 2.20. The molecule has 0 spiro atoms. The van der Waals surface area contributed by atoms with Gasteiger partial charge in [0.1, 0.15) is 0 Å². The molecule has 0 aromatic carbocycles. The molecule has 2 nitrogen and oxygen atoms in total. The highest BCUT2D eigenvalue weighted by atomic mass is 79.9. The average molecular weight is 247 g/mol. The Morgan fingerprint density at radius 1 is 1.58 bits per heavy atom. The van der Waals surface area contributed by atoms with Crippen molar-refractivity contribution in [2.45, 2.75) is 18.9 Å². The van der Waals surface area contributed by atoms with Gasteiger partial charge in [-0.2, -0.15) is 11.3 Å². The van der Waals surface area contributed by atoms with E-state index in [0.29, 0.717) is 6.04 Å². The van der Waals surface area contributed by atoms with Gasteiger partial charge < -0.3 is 0 Å². The minimum absolute atomic E-state index is 0.352. The summed E-state index contributed by atoms with van der Waals surface area (Å²) in [6.45, 7) is 0. The molecule has 0 amide bonds. The molecular weight excluding hydrogens is 236 g/mol. The molecule has 1 aromatic heterocycles. The zero-order valence-corrected chi connectivity index (χ0v) is 8.99. The monoisotopic (exact) mass is 246 g/mol. The van der Waals surface area contributed by atoms with E-state index in [2.05, 4.69) is 32.1 Å². The highest BCUT2D eigenvalue weighted by Crippen LogP contribution is 2.43. The summed E-state index contributed by atoms with van der Waals surface area (Å²) in [5.41, 5.74) is 4.19. The van der Waals surface area contributed by atoms with Crippen LogP contribution in [0, 0.1) is 5.92 Å². The lowest BCUT2D eigenvalue weighted by Gasteiger charge is -2.13. The first-order valence-electron chi connectivity index (χ1n) is 4.00. The van der Waals surface area contributed by atoms with Crippen molar-refractivity contribution in [2.75, 3.05) is 0 Å². The Hall–Kier alpha value is 0.100. The van der Waals surface area contributed by atoms with Gasteiger partial charge in [0.05, 0.1) is 6.04 Å². The van der Waals surface area contributed by atoms with Crippen LogP contribution in [0.15, 0.2) is 15.2 Å². The van der Waals surface area contributed by atoms with Gasteiger partial charge in [-0.3, -0.25) is 11.3 Å². The van der Waals surface area contributed by atoms with E-state index in [0.717, 1.165) is 5.92 Å². The summed E-state index contributed by atoms with van der Waals surface area (Å²) in [6, 6.07) is 0.352. The van der Waals surface area contributed by atoms with Crippen LogP contribution in [0.1, 0.15) is 24.4 Å². The predicted octanol–water partition coefficient (Wildman–Crippen LogP) is 2.43. The third-order valence-electron chi connectivity index (χ3n) is 2.25. The molecule has 3 N–H and O–H groups in total. The molecule has 1 saturated carbocycles. The van der Waals surface area contributed by atoms with Crippen molar-refractivity contribution in [3.8, 4) is 0 Å². The fourth-order valence-electron chi connectivity index (χ4n) is 1.42. The fourth-order valence-corrected chi connectivity index (χ4v) is 3.00. The third-order valence-corrected chi connectivity index (χ3v) is 4.00. The van der Waals surface area contributed by atoms with Crippen LogP contribution in [0.4, 0.5) is 0 Å². The molecule has 0 radical (unpaired) electrons. The second-order valence-electron chi connectivity index (χ2n) is 3.16. The largest absolute Gasteiger partial charge is 0.271 e. The molecule has 1 aromatic rings. The first-order valence-corrected chi connectivity index (χ1v) is 5.74. The number of hydrazine groups is 1. The summed E-state index contributed by atoms with van der Waals surface area (Å²) in [4.78, 5) is 0. The van der Waals surface area contributed by atoms with Gasteiger partial charge in [0.2, 0.25) is 0 Å². The summed E-state index contributed by atoms with van der Waals surface area (Å²) in [5, 5.41) is 4.26. The van der Waals surface area contributed by atoms with E-state index in [1.807, 2.05) is 0 Å². The van der Waals surface area contributed by atoms with Crippen molar-refractivity contribution in [3.05, 3.63) is 20.8 Å². The minimum atomic E-state index is 0.352. The zero-order chi connectivity index (χ0) is 8.55. The van der Waals surface area contributed by atoms with E-state index >= 15 is 0 Å². The number of nitrogens with one attached hydrogen (secondary N) is 1. The Morgan fingerprint density at radius 3 is 2.75 bits per heavy atom. The maximum absolute atomic E-state index is 5.51. The van der Waals surface area contributed by atoms with Gasteiger partial charge >= 0.3 is 0 Å². The molecule has 1 atom stereocenters. The van der Waals surface area contributed by atoms with Crippen molar-refractivity contribution < 1.29 is 0 Å². The van der Waals surface area contributed by atoms with E-state index in [1.54, 1.807) is 11.3 Å². The molecule has 66 valence electrons. The fraction of sp³-hybridized carbons (Fsp3) is 0.500. The van der Waals surface area contributed by atoms with Crippen LogP contribution in [0.5, 0.6) is 0 Å². The normalized spacial score (nSPS) is 19.5. The van der Waals surface area contributed by atoms with Gasteiger partial charge in [-0.15, -0.1) is 0 Å². The van der Waals surface area contributed by atoms with E-state index in [1.165, 1.54) is 22.9 Å². The van der Waals surface area contributed by atoms with Crippen LogP contribution in [-0.2, 0) is 0 Å². The first-order chi connectivity index (χ1) is 5.83. The number of halogens is 1. The van der Waals surface area contributed by atoms with Gasteiger partial charge in [0.15, 0.2) is 0 Å². The molecule has 0 saturated heterocycles. The molecule has 1 fully saturated rings. The molecule has 4 heteroatoms. The summed E-state index contributed by atoms with van der Waals surface area (Å²) < 4.78 is 1.18. The van der Waals surface area contributed by atoms with Crippen molar-refractivity contribution >= 4 is 27.3 Å². The summed E-state index contributed by atoms with van der Waals surface area (Å²) >= 11 is 5.23. The predicted molar refractivity (Wildman–Crippen MR) is 54.8 cm³/mol. The molecule has 0 aliphatic heterocycles. The van der Waals surface area contributed by atoms with Crippen molar-refractivity contribution in [3.63, 3.8) is 0 Å². The quantitative estimate of drug-likeness (QED) is 0.636. The zero-order valence-electron chi connectivity index (χ0n) is 6.59. The van der Waals surface area contributed by atoms with Crippen molar-refractivity contribution in [2.24, 2.45) is 11.8 Å². The van der Waals surface area contributed by atoms with Crippen LogP contribution in [0.3, 0.4) is 0 Å². The van der Waals surface area contributed by atoms with Gasteiger partial charge in [-0.05, 0) is 45.6 Å². The lowest BCUT2D eigenvalue weighted by Crippen LogP contribution is -2.29. The lowest BCUT2D eigenvalue weighted by atomic mass is 10.1. The second-order valence-corrected chi connectivity index (χ2v) is 4.75. The molecule has 1 heterocycles. The van der Waals surface area contributed by atoms with Crippen LogP contribution in [-0.4, -0.2) is 0 Å². The standard InChI is InChI=1S/C8H11BrN2S/c9-7-4-12-3-6(7)8(11-10)5-1-2-5/h3-5,8,11H,1-2,10H2. The Morgan fingerprint density at radius 2 is 2.33 bits per heavy atom. The summed E-state index contributed by atoms with van der Waals surface area (Å²) in [6.07, 6.45) is 2.61. The number of thiophene rings is 1. The average Bonchev–Trinajstić information content (AvgIpc) is 2.80. The Kier molecular flexibility index (Phi) is 2.50. The lowest BCUT2D eigenvalue weighted by molar-refractivity contribution is 0.496. The number of hydrogen-bond donors (Lipinski definition) is 2. The van der Waals surface area contributed by atoms with Crippen LogP contribution in [0.25, 0.3) is 0 Å². The van der Waals surface area contributed by atoms with E-state index in [9.17, 15) is 0 Å². The van der Waals surface area contributed by atoms with Gasteiger partial charge in [-0.25, -0.2) is 0 Å². The highest BCUT2D eigenvalue weighted by Gasteiger charge is 2.32. The highest BCUT2D eigenvalue weighted by molar-refractivity contribution is 9.10. The summed E-state index contributed by atoms with van der Waals surface area (Å²) in [5.74, 6) is 6.26. The molecule has 1 aliphatic rings. The topological polar surface area (TPSA) is 38.0 Å². The van der Waals surface area contributed by atoms with E-state index < -0.39 is 0 Å². The van der Waals surface area contributed by atoms with Crippen LogP contribution < -0.4 is 11.3 Å². The third kappa shape index (κ3) is 1.57. The molecule has 2 rings (SSSR count).